The Hall–Kier alpha value is -2.30. The van der Waals surface area contributed by atoms with Gasteiger partial charge in [0.25, 0.3) is 0 Å². The first-order chi connectivity index (χ1) is 8.49. The van der Waals surface area contributed by atoms with Gasteiger partial charge in [0.2, 0.25) is 5.91 Å². The topological polar surface area (TPSA) is 83.6 Å². The number of hydrogen-bond acceptors (Lipinski definition) is 3. The van der Waals surface area contributed by atoms with E-state index in [0.29, 0.717) is 6.54 Å². The molecule has 0 radical (unpaired) electrons. The third kappa shape index (κ3) is 2.20. The van der Waals surface area contributed by atoms with Gasteiger partial charge in [0.05, 0.1) is 18.5 Å². The highest BCUT2D eigenvalue weighted by Crippen LogP contribution is 2.23. The first-order valence-corrected chi connectivity index (χ1v) is 5.57. The second kappa shape index (κ2) is 4.52. The van der Waals surface area contributed by atoms with Crippen LogP contribution in [0.15, 0.2) is 35.7 Å². The summed E-state index contributed by atoms with van der Waals surface area (Å²) in [5.41, 5.74) is 7.72. The lowest BCUT2D eigenvalue weighted by Gasteiger charge is -2.17. The summed E-state index contributed by atoms with van der Waals surface area (Å²) in [5, 5.41) is 8.90. The van der Waals surface area contributed by atoms with Crippen molar-refractivity contribution in [2.75, 3.05) is 0 Å². The predicted molar refractivity (Wildman–Crippen MR) is 65.2 cm³/mol. The minimum absolute atomic E-state index is 0.0212. The third-order valence-electron chi connectivity index (χ3n) is 2.95. The zero-order valence-electron chi connectivity index (χ0n) is 10.0. The number of carboxylic acids is 1. The molecule has 0 spiro atoms. The molecular formula is C13H14N2O3. The molecule has 1 aromatic carbocycles. The summed E-state index contributed by atoms with van der Waals surface area (Å²) in [6.45, 7) is 2.28. The number of nitrogens with two attached hydrogens (primary N) is 1. The number of carboxylic acid groups (broad SMARTS) is 1. The van der Waals surface area contributed by atoms with Gasteiger partial charge in [-0.3, -0.25) is 9.69 Å². The lowest BCUT2D eigenvalue weighted by molar-refractivity contribution is -0.134. The van der Waals surface area contributed by atoms with E-state index in [1.165, 1.54) is 4.90 Å². The number of rotatable bonds is 3. The summed E-state index contributed by atoms with van der Waals surface area (Å²) >= 11 is 0. The third-order valence-corrected chi connectivity index (χ3v) is 2.95. The lowest BCUT2D eigenvalue weighted by Crippen LogP contribution is -2.28. The fraction of sp³-hybridized carbons (Fsp3) is 0.231. The van der Waals surface area contributed by atoms with Crippen molar-refractivity contribution in [2.45, 2.75) is 19.9 Å². The number of carbonyl (C=O) groups is 2. The SMILES string of the molecule is Cc1ccc(CN2C(=O)CC(C(=O)O)=C2N)cc1. The Labute approximate surface area is 105 Å². The molecule has 0 aliphatic carbocycles. The van der Waals surface area contributed by atoms with Crippen LogP contribution in [-0.2, 0) is 16.1 Å². The van der Waals surface area contributed by atoms with Crippen LogP contribution in [0.5, 0.6) is 0 Å². The van der Waals surface area contributed by atoms with Gasteiger partial charge in [-0.25, -0.2) is 4.79 Å². The van der Waals surface area contributed by atoms with E-state index in [4.69, 9.17) is 10.8 Å². The summed E-state index contributed by atoms with van der Waals surface area (Å²) in [7, 11) is 0. The number of amides is 1. The number of nitrogens with zero attached hydrogens (tertiary/aromatic N) is 1. The highest BCUT2D eigenvalue weighted by molar-refractivity contribution is 5.98. The van der Waals surface area contributed by atoms with Gasteiger partial charge in [0.15, 0.2) is 0 Å². The van der Waals surface area contributed by atoms with E-state index < -0.39 is 5.97 Å². The van der Waals surface area contributed by atoms with Crippen LogP contribution in [0.25, 0.3) is 0 Å². The van der Waals surface area contributed by atoms with Crippen molar-refractivity contribution in [3.8, 4) is 0 Å². The van der Waals surface area contributed by atoms with Crippen molar-refractivity contribution in [3.63, 3.8) is 0 Å². The predicted octanol–water partition coefficient (Wildman–Crippen LogP) is 0.982. The Balaban J connectivity index is 2.21. The molecule has 0 saturated carbocycles. The van der Waals surface area contributed by atoms with Gasteiger partial charge in [-0.15, -0.1) is 0 Å². The standard InChI is InChI=1S/C13H14N2O3/c1-8-2-4-9(5-3-8)7-15-11(16)6-10(12(15)14)13(17)18/h2-5H,6-7,14H2,1H3,(H,17,18). The smallest absolute Gasteiger partial charge is 0.335 e. The molecule has 2 rings (SSSR count). The maximum atomic E-state index is 11.7. The molecule has 1 heterocycles. The molecule has 5 heteroatoms. The molecule has 5 nitrogen and oxygen atoms in total. The number of benzene rings is 1. The van der Waals surface area contributed by atoms with E-state index in [9.17, 15) is 9.59 Å². The molecule has 0 unspecified atom stereocenters. The zero-order valence-corrected chi connectivity index (χ0v) is 10.0. The highest BCUT2D eigenvalue weighted by atomic mass is 16.4. The molecule has 18 heavy (non-hydrogen) atoms. The van der Waals surface area contributed by atoms with Gasteiger partial charge in [-0.2, -0.15) is 0 Å². The van der Waals surface area contributed by atoms with E-state index in [1.807, 2.05) is 31.2 Å². The van der Waals surface area contributed by atoms with Crippen molar-refractivity contribution in [2.24, 2.45) is 5.73 Å². The van der Waals surface area contributed by atoms with Crippen LogP contribution in [0.2, 0.25) is 0 Å². The van der Waals surface area contributed by atoms with Gasteiger partial charge >= 0.3 is 5.97 Å². The van der Waals surface area contributed by atoms with Gasteiger partial charge in [0.1, 0.15) is 5.82 Å². The van der Waals surface area contributed by atoms with Gasteiger partial charge < -0.3 is 10.8 Å². The largest absolute Gasteiger partial charge is 0.478 e. The number of aryl methyl sites for hydroxylation is 1. The molecule has 3 N–H and O–H groups in total. The van der Waals surface area contributed by atoms with Crippen LogP contribution < -0.4 is 5.73 Å². The Kier molecular flexibility index (Phi) is 3.06. The maximum Gasteiger partial charge on any atom is 0.335 e. The van der Waals surface area contributed by atoms with E-state index in [0.717, 1.165) is 11.1 Å². The molecule has 1 aromatic rings. The van der Waals surface area contributed by atoms with Crippen LogP contribution in [0.1, 0.15) is 17.5 Å². The molecule has 0 bridgehead atoms. The summed E-state index contributed by atoms with van der Waals surface area (Å²) in [6, 6.07) is 7.67. The quantitative estimate of drug-likeness (QED) is 0.832. The first kappa shape index (κ1) is 12.2. The molecule has 1 aliphatic heterocycles. The van der Waals surface area contributed by atoms with Crippen LogP contribution >= 0.6 is 0 Å². The summed E-state index contributed by atoms with van der Waals surface area (Å²) in [5.74, 6) is -1.36. The Morgan fingerprint density at radius 2 is 2.00 bits per heavy atom. The van der Waals surface area contributed by atoms with Crippen LogP contribution in [0.3, 0.4) is 0 Å². The monoisotopic (exact) mass is 246 g/mol. The van der Waals surface area contributed by atoms with Crippen molar-refractivity contribution < 1.29 is 14.7 Å². The van der Waals surface area contributed by atoms with E-state index in [1.54, 1.807) is 0 Å². The Bertz CT molecular complexity index is 532. The maximum absolute atomic E-state index is 11.7. The minimum Gasteiger partial charge on any atom is -0.478 e. The minimum atomic E-state index is -1.13. The van der Waals surface area contributed by atoms with Gasteiger partial charge in [-0.1, -0.05) is 29.8 Å². The molecule has 0 saturated heterocycles. The summed E-state index contributed by atoms with van der Waals surface area (Å²) in [4.78, 5) is 23.9. The fourth-order valence-electron chi connectivity index (χ4n) is 1.87. The van der Waals surface area contributed by atoms with Crippen molar-refractivity contribution in [1.29, 1.82) is 0 Å². The van der Waals surface area contributed by atoms with Crippen molar-refractivity contribution in [3.05, 3.63) is 46.8 Å². The molecular weight excluding hydrogens is 232 g/mol. The van der Waals surface area contributed by atoms with Crippen molar-refractivity contribution >= 4 is 11.9 Å². The van der Waals surface area contributed by atoms with Crippen LogP contribution in [0.4, 0.5) is 0 Å². The molecule has 94 valence electrons. The molecule has 1 aliphatic rings. The highest BCUT2D eigenvalue weighted by Gasteiger charge is 2.31. The second-order valence-corrected chi connectivity index (χ2v) is 4.31. The summed E-state index contributed by atoms with van der Waals surface area (Å²) < 4.78 is 0. The lowest BCUT2D eigenvalue weighted by atomic mass is 10.1. The summed E-state index contributed by atoms with van der Waals surface area (Å²) in [6.07, 6.45) is -0.132. The number of hydrogen-bond donors (Lipinski definition) is 2. The average molecular weight is 246 g/mol. The Morgan fingerprint density at radius 3 is 2.50 bits per heavy atom. The molecule has 0 fully saturated rings. The Morgan fingerprint density at radius 1 is 1.39 bits per heavy atom. The van der Waals surface area contributed by atoms with E-state index >= 15 is 0 Å². The van der Waals surface area contributed by atoms with E-state index in [-0.39, 0.29) is 23.7 Å². The molecule has 1 amide bonds. The van der Waals surface area contributed by atoms with E-state index in [2.05, 4.69) is 0 Å². The zero-order chi connectivity index (χ0) is 13.3. The van der Waals surface area contributed by atoms with Crippen LogP contribution in [0, 0.1) is 6.92 Å². The fourth-order valence-corrected chi connectivity index (χ4v) is 1.87. The van der Waals surface area contributed by atoms with Crippen molar-refractivity contribution in [1.82, 2.24) is 4.90 Å². The average Bonchev–Trinajstić information content (AvgIpc) is 2.60. The number of aliphatic carboxylic acids is 1. The second-order valence-electron chi connectivity index (χ2n) is 4.31. The first-order valence-electron chi connectivity index (χ1n) is 5.57. The normalized spacial score (nSPS) is 15.4. The van der Waals surface area contributed by atoms with Gasteiger partial charge in [-0.05, 0) is 12.5 Å². The van der Waals surface area contributed by atoms with Gasteiger partial charge in [0, 0.05) is 0 Å². The molecule has 0 aromatic heterocycles. The van der Waals surface area contributed by atoms with Crippen LogP contribution in [-0.4, -0.2) is 21.9 Å². The molecule has 0 atom stereocenters. The number of carbonyl (C=O) groups excluding carboxylic acids is 1.